The van der Waals surface area contributed by atoms with Crippen LogP contribution >= 0.6 is 0 Å². The topological polar surface area (TPSA) is 94.2 Å². The van der Waals surface area contributed by atoms with Crippen molar-refractivity contribution < 1.29 is 4.79 Å². The van der Waals surface area contributed by atoms with Crippen molar-refractivity contribution in [3.63, 3.8) is 0 Å². The van der Waals surface area contributed by atoms with Crippen LogP contribution in [0.25, 0.3) is 0 Å². The van der Waals surface area contributed by atoms with Gasteiger partial charge in [0.05, 0.1) is 0 Å². The Bertz CT molecular complexity index is 541. The number of hydrogen-bond acceptors (Lipinski definition) is 5. The second-order valence-electron chi connectivity index (χ2n) is 4.73. The predicted octanol–water partition coefficient (Wildman–Crippen LogP) is 1.55. The summed E-state index contributed by atoms with van der Waals surface area (Å²) in [4.78, 5) is 14.2. The van der Waals surface area contributed by atoms with Crippen LogP contribution in [0.2, 0.25) is 0 Å². The molecule has 6 nitrogen and oxygen atoms in total. The molecule has 0 aliphatic carbocycles. The molecule has 0 aliphatic rings. The minimum atomic E-state index is -0.442. The Morgan fingerprint density at radius 3 is 2.50 bits per heavy atom. The van der Waals surface area contributed by atoms with Gasteiger partial charge in [-0.1, -0.05) is 13.8 Å². The standard InChI is InChI=1S/C16H23N5O/c1-3-21(4-2)10-9-19-12-13(11-17)16(22)20-15-7-5-14(18)6-8-15/h5-8,12,19H,3-4,9-10,18H2,1-2H3,(H,20,22)/b13-12-. The number of rotatable bonds is 8. The molecule has 0 fully saturated rings. The Labute approximate surface area is 131 Å². The van der Waals surface area contributed by atoms with E-state index in [1.54, 1.807) is 24.3 Å². The van der Waals surface area contributed by atoms with Gasteiger partial charge in [0.25, 0.3) is 5.91 Å². The van der Waals surface area contributed by atoms with E-state index in [-0.39, 0.29) is 5.57 Å². The predicted molar refractivity (Wildman–Crippen MR) is 89.0 cm³/mol. The summed E-state index contributed by atoms with van der Waals surface area (Å²) in [5.41, 5.74) is 6.84. The SMILES string of the molecule is CCN(CC)CCN/C=C(/C#N)C(=O)Nc1ccc(N)cc1. The number of nitriles is 1. The van der Waals surface area contributed by atoms with E-state index in [4.69, 9.17) is 11.0 Å². The lowest BCUT2D eigenvalue weighted by molar-refractivity contribution is -0.112. The third kappa shape index (κ3) is 5.85. The monoisotopic (exact) mass is 301 g/mol. The molecule has 0 saturated heterocycles. The van der Waals surface area contributed by atoms with Crippen LogP contribution in [0.5, 0.6) is 0 Å². The highest BCUT2D eigenvalue weighted by Crippen LogP contribution is 2.11. The van der Waals surface area contributed by atoms with Crippen molar-refractivity contribution in [1.29, 1.82) is 5.26 Å². The van der Waals surface area contributed by atoms with Crippen LogP contribution in [0.15, 0.2) is 36.0 Å². The third-order valence-corrected chi connectivity index (χ3v) is 3.25. The summed E-state index contributed by atoms with van der Waals surface area (Å²) in [5.74, 6) is -0.442. The molecule has 1 aromatic carbocycles. The van der Waals surface area contributed by atoms with Crippen LogP contribution in [-0.4, -0.2) is 37.0 Å². The Kier molecular flexibility index (Phi) is 7.51. The maximum absolute atomic E-state index is 12.0. The normalized spacial score (nSPS) is 11.1. The number of amides is 1. The number of hydrogen-bond donors (Lipinski definition) is 3. The Balaban J connectivity index is 2.52. The molecule has 0 aromatic heterocycles. The number of nitrogens with one attached hydrogen (secondary N) is 2. The van der Waals surface area contributed by atoms with E-state index >= 15 is 0 Å². The number of carbonyl (C=O) groups excluding carboxylic acids is 1. The quantitative estimate of drug-likeness (QED) is 0.293. The molecule has 0 heterocycles. The van der Waals surface area contributed by atoms with Crippen LogP contribution in [0.1, 0.15) is 13.8 Å². The highest BCUT2D eigenvalue weighted by atomic mass is 16.1. The summed E-state index contributed by atoms with van der Waals surface area (Å²) >= 11 is 0. The van der Waals surface area contributed by atoms with Gasteiger partial charge in [0.15, 0.2) is 0 Å². The smallest absolute Gasteiger partial charge is 0.267 e. The van der Waals surface area contributed by atoms with Crippen LogP contribution < -0.4 is 16.4 Å². The molecule has 0 bridgehead atoms. The first-order valence-corrected chi connectivity index (χ1v) is 7.33. The molecule has 22 heavy (non-hydrogen) atoms. The van der Waals surface area contributed by atoms with Crippen molar-refractivity contribution in [2.45, 2.75) is 13.8 Å². The van der Waals surface area contributed by atoms with Gasteiger partial charge in [-0.2, -0.15) is 5.26 Å². The van der Waals surface area contributed by atoms with E-state index in [0.29, 0.717) is 17.9 Å². The summed E-state index contributed by atoms with van der Waals surface area (Å²) in [5, 5.41) is 14.7. The summed E-state index contributed by atoms with van der Waals surface area (Å²) < 4.78 is 0. The molecule has 4 N–H and O–H groups in total. The number of likely N-dealkylation sites (N-methyl/N-ethyl adjacent to an activating group) is 1. The lowest BCUT2D eigenvalue weighted by Gasteiger charge is -2.17. The molecular formula is C16H23N5O. The largest absolute Gasteiger partial charge is 0.399 e. The van der Waals surface area contributed by atoms with Gasteiger partial charge in [-0.3, -0.25) is 4.79 Å². The van der Waals surface area contributed by atoms with E-state index in [9.17, 15) is 4.79 Å². The lowest BCUT2D eigenvalue weighted by Crippen LogP contribution is -2.30. The maximum Gasteiger partial charge on any atom is 0.267 e. The van der Waals surface area contributed by atoms with Crippen LogP contribution in [0, 0.1) is 11.3 Å². The van der Waals surface area contributed by atoms with Gasteiger partial charge in [0.1, 0.15) is 11.6 Å². The highest BCUT2D eigenvalue weighted by Gasteiger charge is 2.09. The van der Waals surface area contributed by atoms with Crippen molar-refractivity contribution in [3.05, 3.63) is 36.0 Å². The van der Waals surface area contributed by atoms with Crippen LogP contribution in [0.4, 0.5) is 11.4 Å². The Hall–Kier alpha value is -2.52. The zero-order valence-electron chi connectivity index (χ0n) is 13.1. The lowest BCUT2D eigenvalue weighted by atomic mass is 10.2. The molecular weight excluding hydrogens is 278 g/mol. The van der Waals surface area contributed by atoms with Crippen LogP contribution in [-0.2, 0) is 4.79 Å². The second-order valence-corrected chi connectivity index (χ2v) is 4.73. The zero-order chi connectivity index (χ0) is 16.4. The minimum absolute atomic E-state index is 0.0383. The van der Waals surface area contributed by atoms with Crippen molar-refractivity contribution >= 4 is 17.3 Å². The molecule has 0 radical (unpaired) electrons. The Morgan fingerprint density at radius 2 is 1.95 bits per heavy atom. The first-order chi connectivity index (χ1) is 10.6. The fourth-order valence-corrected chi connectivity index (χ4v) is 1.85. The molecule has 1 rings (SSSR count). The van der Waals surface area contributed by atoms with Gasteiger partial charge < -0.3 is 21.3 Å². The molecule has 0 aliphatic heterocycles. The van der Waals surface area contributed by atoms with Crippen LogP contribution in [0.3, 0.4) is 0 Å². The van der Waals surface area contributed by atoms with Crippen molar-refractivity contribution in [3.8, 4) is 6.07 Å². The number of carbonyl (C=O) groups is 1. The number of nitrogens with zero attached hydrogens (tertiary/aromatic N) is 2. The van der Waals surface area contributed by atoms with Crippen molar-refractivity contribution in [2.24, 2.45) is 0 Å². The van der Waals surface area contributed by atoms with E-state index in [1.165, 1.54) is 6.20 Å². The third-order valence-electron chi connectivity index (χ3n) is 3.25. The van der Waals surface area contributed by atoms with Gasteiger partial charge in [-0.25, -0.2) is 0 Å². The second kappa shape index (κ2) is 9.42. The van der Waals surface area contributed by atoms with Gasteiger partial charge in [0, 0.05) is 30.7 Å². The summed E-state index contributed by atoms with van der Waals surface area (Å²) in [6.45, 7) is 7.69. The highest BCUT2D eigenvalue weighted by molar-refractivity contribution is 6.06. The Morgan fingerprint density at radius 1 is 1.32 bits per heavy atom. The van der Waals surface area contributed by atoms with Gasteiger partial charge in [0.2, 0.25) is 0 Å². The summed E-state index contributed by atoms with van der Waals surface area (Å²) in [6, 6.07) is 8.66. The first-order valence-electron chi connectivity index (χ1n) is 7.33. The van der Waals surface area contributed by atoms with E-state index < -0.39 is 5.91 Å². The maximum atomic E-state index is 12.0. The van der Waals surface area contributed by atoms with Gasteiger partial charge in [-0.15, -0.1) is 0 Å². The van der Waals surface area contributed by atoms with E-state index in [0.717, 1.165) is 19.6 Å². The molecule has 0 unspecified atom stereocenters. The van der Waals surface area contributed by atoms with Crippen molar-refractivity contribution in [2.75, 3.05) is 37.2 Å². The molecule has 0 atom stereocenters. The summed E-state index contributed by atoms with van der Waals surface area (Å²) in [6.07, 6.45) is 1.45. The minimum Gasteiger partial charge on any atom is -0.399 e. The zero-order valence-corrected chi connectivity index (χ0v) is 13.1. The first kappa shape index (κ1) is 17.5. The van der Waals surface area contributed by atoms with Gasteiger partial charge in [-0.05, 0) is 37.4 Å². The van der Waals surface area contributed by atoms with E-state index in [1.807, 2.05) is 6.07 Å². The fourth-order valence-electron chi connectivity index (χ4n) is 1.85. The average Bonchev–Trinajstić information content (AvgIpc) is 2.53. The molecule has 0 spiro atoms. The molecule has 0 saturated carbocycles. The van der Waals surface area contributed by atoms with E-state index in [2.05, 4.69) is 29.4 Å². The number of anilines is 2. The van der Waals surface area contributed by atoms with Crippen molar-refractivity contribution in [1.82, 2.24) is 10.2 Å². The molecule has 1 amide bonds. The molecule has 1 aromatic rings. The fraction of sp³-hybridized carbons (Fsp3) is 0.375. The number of nitrogens with two attached hydrogens (primary N) is 1. The average molecular weight is 301 g/mol. The molecule has 6 heteroatoms. The summed E-state index contributed by atoms with van der Waals surface area (Å²) in [7, 11) is 0. The molecule has 118 valence electrons. The number of nitrogen functional groups attached to an aromatic ring is 1. The van der Waals surface area contributed by atoms with Gasteiger partial charge >= 0.3 is 0 Å². The number of benzene rings is 1.